The van der Waals surface area contributed by atoms with Gasteiger partial charge in [0.05, 0.1) is 12.4 Å². The minimum atomic E-state index is -3.73. The summed E-state index contributed by atoms with van der Waals surface area (Å²) in [5.74, 6) is 0.535. The van der Waals surface area contributed by atoms with Gasteiger partial charge in [0.1, 0.15) is 5.75 Å². The molecule has 0 radical (unpaired) electrons. The number of urea groups is 1. The van der Waals surface area contributed by atoms with Crippen LogP contribution < -0.4 is 14.8 Å². The van der Waals surface area contributed by atoms with Gasteiger partial charge in [0, 0.05) is 5.69 Å². The maximum Gasteiger partial charge on any atom is 0.332 e. The highest BCUT2D eigenvalue weighted by Crippen LogP contribution is 2.38. The van der Waals surface area contributed by atoms with Gasteiger partial charge < -0.3 is 10.1 Å². The quantitative estimate of drug-likeness (QED) is 0.655. The normalized spacial score (nSPS) is 14.8. The molecule has 0 fully saturated rings. The third-order valence-corrected chi connectivity index (χ3v) is 7.13. The average Bonchev–Trinajstić information content (AvgIpc) is 3.35. The van der Waals surface area contributed by atoms with Crippen molar-refractivity contribution >= 4 is 21.7 Å². The van der Waals surface area contributed by atoms with Gasteiger partial charge in [-0.2, -0.15) is 0 Å². The Morgan fingerprint density at radius 3 is 2.27 bits per heavy atom. The molecule has 0 bridgehead atoms. The molecule has 0 spiro atoms. The summed E-state index contributed by atoms with van der Waals surface area (Å²) in [4.78, 5) is 12.5. The fourth-order valence-corrected chi connectivity index (χ4v) is 5.31. The fraction of sp³-hybridized carbons (Fsp3) is 0.435. The number of ether oxygens (including phenoxy) is 1. The summed E-state index contributed by atoms with van der Waals surface area (Å²) in [6.45, 7) is 2.26. The van der Waals surface area contributed by atoms with Crippen molar-refractivity contribution in [3.8, 4) is 5.75 Å². The van der Waals surface area contributed by atoms with Crippen LogP contribution in [0.25, 0.3) is 0 Å². The molecule has 0 heterocycles. The first-order chi connectivity index (χ1) is 14.4. The average molecular weight is 429 g/mol. The number of amides is 2. The second-order valence-electron chi connectivity index (χ2n) is 8.12. The van der Waals surface area contributed by atoms with Gasteiger partial charge in [-0.3, -0.25) is 0 Å². The van der Waals surface area contributed by atoms with Gasteiger partial charge >= 0.3 is 6.03 Å². The molecule has 0 atom stereocenters. The zero-order valence-corrected chi connectivity index (χ0v) is 18.1. The van der Waals surface area contributed by atoms with Gasteiger partial charge in [-0.25, -0.2) is 17.9 Å². The third-order valence-electron chi connectivity index (χ3n) is 5.81. The van der Waals surface area contributed by atoms with Crippen molar-refractivity contribution in [1.29, 1.82) is 0 Å². The van der Waals surface area contributed by atoms with Crippen LogP contribution in [0, 0.1) is 6.92 Å². The molecule has 0 saturated carbocycles. The van der Waals surface area contributed by atoms with Crippen LogP contribution >= 0.6 is 0 Å². The molecule has 2 aliphatic carbocycles. The highest BCUT2D eigenvalue weighted by atomic mass is 32.2. The molecule has 2 aromatic carbocycles. The van der Waals surface area contributed by atoms with Crippen LogP contribution in [0.1, 0.15) is 47.1 Å². The van der Waals surface area contributed by atoms with Crippen molar-refractivity contribution < 1.29 is 17.9 Å². The number of sulfonamides is 1. The van der Waals surface area contributed by atoms with Crippen molar-refractivity contribution in [2.75, 3.05) is 17.7 Å². The van der Waals surface area contributed by atoms with Gasteiger partial charge in [-0.05, 0) is 86.3 Å². The van der Waals surface area contributed by atoms with Crippen LogP contribution in [0.3, 0.4) is 0 Å². The molecule has 2 amide bonds. The summed E-state index contributed by atoms with van der Waals surface area (Å²) in [5.41, 5.74) is 6.91. The molecular formula is C23H28N2O4S. The Bertz CT molecular complexity index is 1010. The Balaban J connectivity index is 1.32. The zero-order chi connectivity index (χ0) is 21.1. The summed E-state index contributed by atoms with van der Waals surface area (Å²) in [6.07, 6.45) is 6.37. The van der Waals surface area contributed by atoms with Crippen LogP contribution in [0.5, 0.6) is 5.75 Å². The first kappa shape index (κ1) is 20.7. The number of rotatable bonds is 7. The molecule has 0 aromatic heterocycles. The van der Waals surface area contributed by atoms with Gasteiger partial charge in [-0.1, -0.05) is 23.8 Å². The number of anilines is 1. The number of hydrogen-bond donors (Lipinski definition) is 2. The number of benzene rings is 2. The van der Waals surface area contributed by atoms with E-state index in [1.165, 1.54) is 22.3 Å². The summed E-state index contributed by atoms with van der Waals surface area (Å²) < 4.78 is 32.4. The maximum atomic E-state index is 12.5. The SMILES string of the molecule is Cc1ccc(OCCCS(=O)(=O)NC(=O)Nc2c3c(cc4c2CCC4)CCC3)cc1. The largest absolute Gasteiger partial charge is 0.494 e. The van der Waals surface area contributed by atoms with E-state index in [9.17, 15) is 13.2 Å². The molecule has 7 heteroatoms. The summed E-state index contributed by atoms with van der Waals surface area (Å²) in [5, 5.41) is 2.86. The Morgan fingerprint density at radius 2 is 1.63 bits per heavy atom. The number of nitrogens with one attached hydrogen (secondary N) is 2. The predicted octanol–water partition coefficient (Wildman–Crippen LogP) is 3.89. The van der Waals surface area contributed by atoms with Gasteiger partial charge in [0.15, 0.2) is 0 Å². The molecule has 2 N–H and O–H groups in total. The predicted molar refractivity (Wildman–Crippen MR) is 118 cm³/mol. The Labute approximate surface area is 178 Å². The summed E-state index contributed by atoms with van der Waals surface area (Å²) >= 11 is 0. The van der Waals surface area contributed by atoms with Crippen molar-refractivity contribution in [1.82, 2.24) is 4.72 Å². The van der Waals surface area contributed by atoms with E-state index in [1.54, 1.807) is 0 Å². The number of carbonyl (C=O) groups is 1. The smallest absolute Gasteiger partial charge is 0.332 e. The lowest BCUT2D eigenvalue weighted by Crippen LogP contribution is -2.36. The minimum Gasteiger partial charge on any atom is -0.494 e. The standard InChI is InChI=1S/C23H28N2O4S/c1-16-9-11-19(12-10-16)29-13-4-14-30(27,28)25-23(26)24-22-20-7-2-5-17(20)15-18-6-3-8-21(18)22/h9-12,15H,2-8,13-14H2,1H3,(H2,24,25,26). The Hall–Kier alpha value is -2.54. The molecule has 2 aromatic rings. The monoisotopic (exact) mass is 428 g/mol. The molecule has 0 aliphatic heterocycles. The van der Waals surface area contributed by atoms with Gasteiger partial charge in [0.25, 0.3) is 0 Å². The van der Waals surface area contributed by atoms with E-state index in [4.69, 9.17) is 4.74 Å². The molecule has 0 unspecified atom stereocenters. The lowest BCUT2D eigenvalue weighted by Gasteiger charge is -2.16. The number of carbonyl (C=O) groups excluding carboxylic acids is 1. The second-order valence-corrected chi connectivity index (χ2v) is 9.97. The van der Waals surface area contributed by atoms with E-state index in [0.29, 0.717) is 12.2 Å². The third kappa shape index (κ3) is 4.78. The van der Waals surface area contributed by atoms with Crippen LogP contribution in [0.2, 0.25) is 0 Å². The zero-order valence-electron chi connectivity index (χ0n) is 17.3. The van der Waals surface area contributed by atoms with E-state index in [1.807, 2.05) is 31.2 Å². The number of aryl methyl sites for hydroxylation is 3. The lowest BCUT2D eigenvalue weighted by molar-refractivity contribution is 0.256. The van der Waals surface area contributed by atoms with Crippen molar-refractivity contribution in [3.05, 3.63) is 58.1 Å². The molecule has 4 rings (SSSR count). The number of fused-ring (bicyclic) bond motifs is 2. The van der Waals surface area contributed by atoms with Crippen LogP contribution in [-0.2, 0) is 35.7 Å². The molecule has 2 aliphatic rings. The first-order valence-corrected chi connectivity index (χ1v) is 12.2. The highest BCUT2D eigenvalue weighted by molar-refractivity contribution is 7.90. The molecule has 6 nitrogen and oxygen atoms in total. The van der Waals surface area contributed by atoms with Crippen LogP contribution in [-0.4, -0.2) is 26.8 Å². The Morgan fingerprint density at radius 1 is 1.00 bits per heavy atom. The second kappa shape index (κ2) is 8.68. The maximum absolute atomic E-state index is 12.5. The Kier molecular flexibility index (Phi) is 5.99. The van der Waals surface area contributed by atoms with Crippen LogP contribution in [0.15, 0.2) is 30.3 Å². The van der Waals surface area contributed by atoms with Crippen molar-refractivity contribution in [3.63, 3.8) is 0 Å². The topological polar surface area (TPSA) is 84.5 Å². The highest BCUT2D eigenvalue weighted by Gasteiger charge is 2.25. The van der Waals surface area contributed by atoms with E-state index in [-0.39, 0.29) is 12.4 Å². The fourth-order valence-electron chi connectivity index (χ4n) is 4.37. The van der Waals surface area contributed by atoms with E-state index in [0.717, 1.165) is 49.8 Å². The van der Waals surface area contributed by atoms with E-state index >= 15 is 0 Å². The minimum absolute atomic E-state index is 0.169. The van der Waals surface area contributed by atoms with Gasteiger partial charge in [-0.15, -0.1) is 0 Å². The van der Waals surface area contributed by atoms with Crippen molar-refractivity contribution in [2.24, 2.45) is 0 Å². The first-order valence-electron chi connectivity index (χ1n) is 10.6. The molecular weight excluding hydrogens is 400 g/mol. The van der Waals surface area contributed by atoms with E-state index < -0.39 is 16.1 Å². The van der Waals surface area contributed by atoms with E-state index in [2.05, 4.69) is 16.1 Å². The molecule has 0 saturated heterocycles. The number of hydrogen-bond acceptors (Lipinski definition) is 4. The van der Waals surface area contributed by atoms with Crippen LogP contribution in [0.4, 0.5) is 10.5 Å². The lowest BCUT2D eigenvalue weighted by atomic mass is 9.99. The van der Waals surface area contributed by atoms with Crippen molar-refractivity contribution in [2.45, 2.75) is 51.9 Å². The molecule has 160 valence electrons. The summed E-state index contributed by atoms with van der Waals surface area (Å²) in [6, 6.07) is 9.19. The van der Waals surface area contributed by atoms with Gasteiger partial charge in [0.2, 0.25) is 10.0 Å². The summed E-state index contributed by atoms with van der Waals surface area (Å²) in [7, 11) is -3.73. The molecule has 30 heavy (non-hydrogen) atoms.